The fourth-order valence-corrected chi connectivity index (χ4v) is 2.16. The Morgan fingerprint density at radius 1 is 1.30 bits per heavy atom. The number of nitrogens with zero attached hydrogens (tertiary/aromatic N) is 1. The topological polar surface area (TPSA) is 45.0 Å². The van der Waals surface area contributed by atoms with Crippen molar-refractivity contribution in [3.63, 3.8) is 0 Å². The van der Waals surface area contributed by atoms with Crippen LogP contribution >= 0.6 is 0 Å². The van der Waals surface area contributed by atoms with E-state index in [2.05, 4.69) is 37.4 Å². The second kappa shape index (κ2) is 7.31. The summed E-state index contributed by atoms with van der Waals surface area (Å²) in [4.78, 5) is 0. The van der Waals surface area contributed by atoms with Gasteiger partial charge in [-0.3, -0.25) is 0 Å². The highest BCUT2D eigenvalue weighted by Crippen LogP contribution is 2.23. The largest absolute Gasteiger partial charge is 0.491 e. The molecular formula is C17H26N2O. The first-order chi connectivity index (χ1) is 9.44. The quantitative estimate of drug-likeness (QED) is 0.821. The molecule has 0 aliphatic carbocycles. The van der Waals surface area contributed by atoms with E-state index in [-0.39, 0.29) is 6.10 Å². The van der Waals surface area contributed by atoms with Crippen LogP contribution in [0.2, 0.25) is 0 Å². The van der Waals surface area contributed by atoms with E-state index in [0.29, 0.717) is 12.3 Å². The smallest absolute Gasteiger partial charge is 0.119 e. The van der Waals surface area contributed by atoms with E-state index in [0.717, 1.165) is 12.2 Å². The third-order valence-corrected chi connectivity index (χ3v) is 3.89. The van der Waals surface area contributed by atoms with Gasteiger partial charge in [-0.25, -0.2) is 0 Å². The lowest BCUT2D eigenvalue weighted by Gasteiger charge is -2.25. The molecule has 0 heterocycles. The van der Waals surface area contributed by atoms with Crippen molar-refractivity contribution in [2.75, 3.05) is 7.05 Å². The van der Waals surface area contributed by atoms with Crippen LogP contribution in [-0.2, 0) is 0 Å². The first-order valence-electron chi connectivity index (χ1n) is 7.31. The Labute approximate surface area is 123 Å². The number of hydrogen-bond donors (Lipinski definition) is 1. The highest BCUT2D eigenvalue weighted by Gasteiger charge is 2.25. The Morgan fingerprint density at radius 3 is 2.35 bits per heavy atom. The number of rotatable bonds is 7. The molecule has 110 valence electrons. The Balaban J connectivity index is 2.63. The molecule has 0 fully saturated rings. The monoisotopic (exact) mass is 274 g/mol. The molecule has 3 unspecified atom stereocenters. The summed E-state index contributed by atoms with van der Waals surface area (Å²) in [5.41, 5.74) is 0.792. The molecule has 0 saturated carbocycles. The van der Waals surface area contributed by atoms with E-state index >= 15 is 0 Å². The molecular weight excluding hydrogens is 248 g/mol. The van der Waals surface area contributed by atoms with Crippen LogP contribution in [0.15, 0.2) is 24.3 Å². The van der Waals surface area contributed by atoms with E-state index in [4.69, 9.17) is 10.00 Å². The predicted molar refractivity (Wildman–Crippen MR) is 82.9 cm³/mol. The van der Waals surface area contributed by atoms with Crippen LogP contribution in [0.4, 0.5) is 0 Å². The van der Waals surface area contributed by atoms with Crippen molar-refractivity contribution in [1.82, 2.24) is 5.32 Å². The van der Waals surface area contributed by atoms with E-state index in [1.54, 1.807) is 7.05 Å². The molecule has 0 aliphatic rings. The average molecular weight is 274 g/mol. The van der Waals surface area contributed by atoms with Gasteiger partial charge in [0, 0.05) is 6.42 Å². The first kappa shape index (κ1) is 16.5. The number of nitriles is 1. The molecule has 1 rings (SSSR count). The maximum absolute atomic E-state index is 9.16. The molecule has 0 amide bonds. The van der Waals surface area contributed by atoms with Gasteiger partial charge in [-0.1, -0.05) is 26.0 Å². The van der Waals surface area contributed by atoms with Crippen molar-refractivity contribution in [3.8, 4) is 11.8 Å². The Hall–Kier alpha value is -1.53. The van der Waals surface area contributed by atoms with Crippen LogP contribution in [0.3, 0.4) is 0 Å². The second-order valence-corrected chi connectivity index (χ2v) is 5.70. The number of hydrogen-bond acceptors (Lipinski definition) is 3. The molecule has 1 N–H and O–H groups in total. The van der Waals surface area contributed by atoms with Gasteiger partial charge >= 0.3 is 0 Å². The summed E-state index contributed by atoms with van der Waals surface area (Å²) < 4.78 is 5.89. The minimum atomic E-state index is -0.546. The minimum absolute atomic E-state index is 0.0125. The van der Waals surface area contributed by atoms with Crippen LogP contribution < -0.4 is 10.1 Å². The van der Waals surface area contributed by atoms with Crippen LogP contribution in [-0.4, -0.2) is 18.7 Å². The number of nitrogens with one attached hydrogen (secondary N) is 1. The maximum atomic E-state index is 9.16. The van der Waals surface area contributed by atoms with Crippen molar-refractivity contribution in [2.45, 2.75) is 58.1 Å². The Kier molecular flexibility index (Phi) is 6.04. The molecule has 3 heteroatoms. The van der Waals surface area contributed by atoms with Crippen LogP contribution in [0, 0.1) is 11.3 Å². The highest BCUT2D eigenvalue weighted by atomic mass is 16.5. The van der Waals surface area contributed by atoms with Gasteiger partial charge in [0.2, 0.25) is 0 Å². The van der Waals surface area contributed by atoms with Gasteiger partial charge in [0.05, 0.1) is 12.2 Å². The molecule has 0 spiro atoms. The zero-order chi connectivity index (χ0) is 15.2. The lowest BCUT2D eigenvalue weighted by molar-refractivity contribution is 0.182. The normalized spacial score (nSPS) is 16.8. The molecule has 1 aromatic rings. The summed E-state index contributed by atoms with van der Waals surface area (Å²) in [6, 6.07) is 10.6. The minimum Gasteiger partial charge on any atom is -0.491 e. The average Bonchev–Trinajstić information content (AvgIpc) is 2.46. The molecule has 3 nitrogen and oxygen atoms in total. The molecule has 0 saturated heterocycles. The molecule has 3 atom stereocenters. The highest BCUT2D eigenvalue weighted by molar-refractivity contribution is 5.29. The van der Waals surface area contributed by atoms with Gasteiger partial charge < -0.3 is 10.1 Å². The fourth-order valence-electron chi connectivity index (χ4n) is 2.16. The van der Waals surface area contributed by atoms with E-state index < -0.39 is 5.54 Å². The van der Waals surface area contributed by atoms with Crippen LogP contribution in [0.5, 0.6) is 5.75 Å². The van der Waals surface area contributed by atoms with Crippen molar-refractivity contribution < 1.29 is 4.74 Å². The van der Waals surface area contributed by atoms with Gasteiger partial charge in [-0.2, -0.15) is 5.26 Å². The van der Waals surface area contributed by atoms with Crippen molar-refractivity contribution >= 4 is 0 Å². The number of benzene rings is 1. The second-order valence-electron chi connectivity index (χ2n) is 5.70. The first-order valence-corrected chi connectivity index (χ1v) is 7.31. The molecule has 1 aromatic carbocycles. The standard InChI is InChI=1S/C17H26N2O/c1-6-13(2)15-7-9-16(10-8-15)20-14(3)11-17(4,12-18)19-5/h7-10,13-14,19H,6,11H2,1-5H3. The molecule has 0 radical (unpaired) electrons. The maximum Gasteiger partial charge on any atom is 0.119 e. The Bertz CT molecular complexity index is 449. The summed E-state index contributed by atoms with van der Waals surface area (Å²) in [7, 11) is 1.80. The third-order valence-electron chi connectivity index (χ3n) is 3.89. The van der Waals surface area contributed by atoms with E-state index in [1.807, 2.05) is 26.0 Å². The molecule has 0 aliphatic heterocycles. The summed E-state index contributed by atoms with van der Waals surface area (Å²) in [5, 5.41) is 12.2. The van der Waals surface area contributed by atoms with Crippen molar-refractivity contribution in [3.05, 3.63) is 29.8 Å². The summed E-state index contributed by atoms with van der Waals surface area (Å²) in [6.45, 7) is 8.30. The zero-order valence-electron chi connectivity index (χ0n) is 13.2. The summed E-state index contributed by atoms with van der Waals surface area (Å²) in [5.74, 6) is 1.44. The van der Waals surface area contributed by atoms with Crippen LogP contribution in [0.25, 0.3) is 0 Å². The van der Waals surface area contributed by atoms with Crippen LogP contribution in [0.1, 0.15) is 52.0 Å². The lowest BCUT2D eigenvalue weighted by Crippen LogP contribution is -2.41. The molecule has 0 bridgehead atoms. The van der Waals surface area contributed by atoms with E-state index in [1.165, 1.54) is 5.56 Å². The van der Waals surface area contributed by atoms with Crippen molar-refractivity contribution in [1.29, 1.82) is 5.26 Å². The lowest BCUT2D eigenvalue weighted by atomic mass is 9.97. The zero-order valence-corrected chi connectivity index (χ0v) is 13.2. The van der Waals surface area contributed by atoms with Gasteiger partial charge in [-0.05, 0) is 50.9 Å². The van der Waals surface area contributed by atoms with Gasteiger partial charge in [0.25, 0.3) is 0 Å². The number of ether oxygens (including phenoxy) is 1. The summed E-state index contributed by atoms with van der Waals surface area (Å²) >= 11 is 0. The molecule has 20 heavy (non-hydrogen) atoms. The predicted octanol–water partition coefficient (Wildman–Crippen LogP) is 3.86. The summed E-state index contributed by atoms with van der Waals surface area (Å²) in [6.07, 6.45) is 1.77. The Morgan fingerprint density at radius 2 is 1.90 bits per heavy atom. The third kappa shape index (κ3) is 4.54. The van der Waals surface area contributed by atoms with E-state index in [9.17, 15) is 0 Å². The van der Waals surface area contributed by atoms with Crippen molar-refractivity contribution in [2.24, 2.45) is 0 Å². The van der Waals surface area contributed by atoms with Gasteiger partial charge in [0.15, 0.2) is 0 Å². The van der Waals surface area contributed by atoms with Gasteiger partial charge in [0.1, 0.15) is 11.3 Å². The fraction of sp³-hybridized carbons (Fsp3) is 0.588. The SMILES string of the molecule is CCC(C)c1ccc(OC(C)CC(C)(C#N)NC)cc1. The molecule has 0 aromatic heterocycles. The van der Waals surface area contributed by atoms with Gasteiger partial charge in [-0.15, -0.1) is 0 Å².